The Kier molecular flexibility index (Phi) is 4.97. The SMILES string of the molecule is CCNC(=NCCCn1ccnc1)N1CCC2(CCOC2)C1. The van der Waals surface area contributed by atoms with Crippen LogP contribution in [0.3, 0.4) is 0 Å². The van der Waals surface area contributed by atoms with Gasteiger partial charge in [0.25, 0.3) is 0 Å². The summed E-state index contributed by atoms with van der Waals surface area (Å²) < 4.78 is 7.71. The lowest BCUT2D eigenvalue weighted by Gasteiger charge is -2.25. The Morgan fingerprint density at radius 1 is 1.45 bits per heavy atom. The van der Waals surface area contributed by atoms with Gasteiger partial charge in [-0.2, -0.15) is 0 Å². The van der Waals surface area contributed by atoms with Gasteiger partial charge in [0, 0.05) is 57.1 Å². The number of rotatable bonds is 5. The number of guanidine groups is 1. The van der Waals surface area contributed by atoms with Crippen molar-refractivity contribution in [2.24, 2.45) is 10.4 Å². The van der Waals surface area contributed by atoms with Crippen molar-refractivity contribution in [3.63, 3.8) is 0 Å². The Balaban J connectivity index is 1.52. The highest BCUT2D eigenvalue weighted by molar-refractivity contribution is 5.80. The number of hydrogen-bond acceptors (Lipinski definition) is 3. The molecular formula is C16H27N5O. The van der Waals surface area contributed by atoms with E-state index in [9.17, 15) is 0 Å². The molecule has 2 fully saturated rings. The van der Waals surface area contributed by atoms with E-state index >= 15 is 0 Å². The molecule has 0 radical (unpaired) electrons. The first-order chi connectivity index (χ1) is 10.8. The van der Waals surface area contributed by atoms with Crippen LogP contribution in [0.25, 0.3) is 0 Å². The summed E-state index contributed by atoms with van der Waals surface area (Å²) >= 11 is 0. The number of nitrogens with one attached hydrogen (secondary N) is 1. The Morgan fingerprint density at radius 2 is 2.41 bits per heavy atom. The molecule has 1 atom stereocenters. The van der Waals surface area contributed by atoms with Crippen molar-refractivity contribution in [2.45, 2.75) is 32.7 Å². The summed E-state index contributed by atoms with van der Waals surface area (Å²) in [4.78, 5) is 11.3. The molecule has 0 amide bonds. The number of likely N-dealkylation sites (tertiary alicyclic amines) is 1. The molecular weight excluding hydrogens is 278 g/mol. The third-order valence-electron chi connectivity index (χ3n) is 4.65. The van der Waals surface area contributed by atoms with Gasteiger partial charge < -0.3 is 19.5 Å². The molecule has 22 heavy (non-hydrogen) atoms. The van der Waals surface area contributed by atoms with Crippen LogP contribution >= 0.6 is 0 Å². The molecule has 0 bridgehead atoms. The lowest BCUT2D eigenvalue weighted by atomic mass is 9.87. The van der Waals surface area contributed by atoms with E-state index in [0.29, 0.717) is 5.41 Å². The van der Waals surface area contributed by atoms with Crippen molar-refractivity contribution in [2.75, 3.05) is 39.4 Å². The fourth-order valence-electron chi connectivity index (χ4n) is 3.37. The number of aromatic nitrogens is 2. The van der Waals surface area contributed by atoms with Crippen molar-refractivity contribution in [3.8, 4) is 0 Å². The highest BCUT2D eigenvalue weighted by atomic mass is 16.5. The second kappa shape index (κ2) is 7.13. The summed E-state index contributed by atoms with van der Waals surface area (Å²) in [5.74, 6) is 1.07. The van der Waals surface area contributed by atoms with Crippen molar-refractivity contribution in [1.82, 2.24) is 19.8 Å². The first-order valence-corrected chi connectivity index (χ1v) is 8.38. The van der Waals surface area contributed by atoms with Crippen LogP contribution in [-0.4, -0.2) is 59.8 Å². The normalized spacial score (nSPS) is 25.3. The summed E-state index contributed by atoms with van der Waals surface area (Å²) in [6.45, 7) is 8.89. The summed E-state index contributed by atoms with van der Waals surface area (Å²) in [6, 6.07) is 0. The minimum Gasteiger partial charge on any atom is -0.381 e. The molecule has 1 aromatic rings. The fraction of sp³-hybridized carbons (Fsp3) is 0.750. The molecule has 2 aliphatic heterocycles. The first kappa shape index (κ1) is 15.3. The molecule has 1 aromatic heterocycles. The van der Waals surface area contributed by atoms with Gasteiger partial charge in [-0.1, -0.05) is 0 Å². The predicted octanol–water partition coefficient (Wildman–Crippen LogP) is 1.35. The number of aryl methyl sites for hydroxylation is 1. The Labute approximate surface area is 132 Å². The molecule has 2 aliphatic rings. The van der Waals surface area contributed by atoms with E-state index < -0.39 is 0 Å². The lowest BCUT2D eigenvalue weighted by molar-refractivity contribution is 0.156. The summed E-state index contributed by atoms with van der Waals surface area (Å²) in [7, 11) is 0. The maximum atomic E-state index is 5.61. The quantitative estimate of drug-likeness (QED) is 0.507. The average Bonchev–Trinajstić information content (AvgIpc) is 3.26. The van der Waals surface area contributed by atoms with Gasteiger partial charge in [0.05, 0.1) is 12.9 Å². The highest BCUT2D eigenvalue weighted by Gasteiger charge is 2.42. The second-order valence-electron chi connectivity index (χ2n) is 6.36. The van der Waals surface area contributed by atoms with Crippen molar-refractivity contribution in [3.05, 3.63) is 18.7 Å². The third kappa shape index (κ3) is 3.61. The van der Waals surface area contributed by atoms with Crippen LogP contribution in [0.2, 0.25) is 0 Å². The number of aliphatic imine (C=N–C) groups is 1. The molecule has 1 N–H and O–H groups in total. The molecule has 2 saturated heterocycles. The van der Waals surface area contributed by atoms with E-state index in [1.165, 1.54) is 12.8 Å². The van der Waals surface area contributed by atoms with E-state index in [0.717, 1.165) is 58.3 Å². The van der Waals surface area contributed by atoms with Gasteiger partial charge >= 0.3 is 0 Å². The molecule has 3 heterocycles. The Bertz CT molecular complexity index is 479. The van der Waals surface area contributed by atoms with Crippen LogP contribution in [0.15, 0.2) is 23.7 Å². The molecule has 122 valence electrons. The number of ether oxygens (including phenoxy) is 1. The maximum Gasteiger partial charge on any atom is 0.193 e. The van der Waals surface area contributed by atoms with Gasteiger partial charge in [-0.05, 0) is 26.2 Å². The highest BCUT2D eigenvalue weighted by Crippen LogP contribution is 2.38. The molecule has 0 saturated carbocycles. The summed E-state index contributed by atoms with van der Waals surface area (Å²) in [5.41, 5.74) is 0.382. The smallest absolute Gasteiger partial charge is 0.193 e. The van der Waals surface area contributed by atoms with Gasteiger partial charge in [0.15, 0.2) is 5.96 Å². The topological polar surface area (TPSA) is 54.7 Å². The van der Waals surface area contributed by atoms with Crippen LogP contribution in [0.4, 0.5) is 0 Å². The number of hydrogen-bond donors (Lipinski definition) is 1. The van der Waals surface area contributed by atoms with E-state index in [-0.39, 0.29) is 0 Å². The Morgan fingerprint density at radius 3 is 3.14 bits per heavy atom. The Hall–Kier alpha value is -1.56. The standard InChI is InChI=1S/C16H27N5O/c1-2-18-15(19-6-3-8-20-10-7-17-14-20)21-9-4-16(12-21)5-11-22-13-16/h7,10,14H,2-6,8-9,11-13H2,1H3,(H,18,19). The van der Waals surface area contributed by atoms with Gasteiger partial charge in [0.2, 0.25) is 0 Å². The van der Waals surface area contributed by atoms with Crippen LogP contribution in [0.5, 0.6) is 0 Å². The fourth-order valence-corrected chi connectivity index (χ4v) is 3.37. The van der Waals surface area contributed by atoms with Crippen LogP contribution < -0.4 is 5.32 Å². The molecule has 6 heteroatoms. The van der Waals surface area contributed by atoms with E-state index in [1.54, 1.807) is 0 Å². The second-order valence-corrected chi connectivity index (χ2v) is 6.36. The molecule has 6 nitrogen and oxygen atoms in total. The minimum atomic E-state index is 0.382. The molecule has 1 unspecified atom stereocenters. The monoisotopic (exact) mass is 305 g/mol. The molecule has 3 rings (SSSR count). The number of nitrogens with zero attached hydrogens (tertiary/aromatic N) is 4. The number of imidazole rings is 1. The molecule has 0 aliphatic carbocycles. The third-order valence-corrected chi connectivity index (χ3v) is 4.65. The van der Waals surface area contributed by atoms with Crippen LogP contribution in [-0.2, 0) is 11.3 Å². The largest absolute Gasteiger partial charge is 0.381 e. The summed E-state index contributed by atoms with van der Waals surface area (Å²) in [5, 5.41) is 3.44. The van der Waals surface area contributed by atoms with Crippen molar-refractivity contribution >= 4 is 5.96 Å². The lowest BCUT2D eigenvalue weighted by Crippen LogP contribution is -2.41. The van der Waals surface area contributed by atoms with Crippen molar-refractivity contribution < 1.29 is 4.74 Å². The van der Waals surface area contributed by atoms with Gasteiger partial charge in [-0.3, -0.25) is 4.99 Å². The minimum absolute atomic E-state index is 0.382. The van der Waals surface area contributed by atoms with Crippen LogP contribution in [0.1, 0.15) is 26.2 Å². The maximum absolute atomic E-state index is 5.61. The zero-order valence-electron chi connectivity index (χ0n) is 13.5. The van der Waals surface area contributed by atoms with E-state index in [4.69, 9.17) is 9.73 Å². The molecule has 0 aromatic carbocycles. The molecule has 1 spiro atoms. The van der Waals surface area contributed by atoms with Gasteiger partial charge in [-0.15, -0.1) is 0 Å². The van der Waals surface area contributed by atoms with Gasteiger partial charge in [0.1, 0.15) is 0 Å². The summed E-state index contributed by atoms with van der Waals surface area (Å²) in [6.07, 6.45) is 9.14. The van der Waals surface area contributed by atoms with Crippen LogP contribution in [0, 0.1) is 5.41 Å². The van der Waals surface area contributed by atoms with Crippen molar-refractivity contribution in [1.29, 1.82) is 0 Å². The zero-order chi connectivity index (χ0) is 15.3. The predicted molar refractivity (Wildman–Crippen MR) is 86.9 cm³/mol. The zero-order valence-corrected chi connectivity index (χ0v) is 13.5. The van der Waals surface area contributed by atoms with Gasteiger partial charge in [-0.25, -0.2) is 4.98 Å². The van der Waals surface area contributed by atoms with E-state index in [2.05, 4.69) is 26.7 Å². The first-order valence-electron chi connectivity index (χ1n) is 8.38. The average molecular weight is 305 g/mol. The van der Waals surface area contributed by atoms with E-state index in [1.807, 2.05) is 18.7 Å².